The van der Waals surface area contributed by atoms with Gasteiger partial charge in [-0.05, 0) is 50.7 Å². The lowest BCUT2D eigenvalue weighted by Gasteiger charge is -2.35. The summed E-state index contributed by atoms with van der Waals surface area (Å²) in [5, 5.41) is 3.40. The molecule has 3 rings (SSSR count). The smallest absolute Gasteiger partial charge is 0.193 e. The molecule has 0 saturated carbocycles. The number of rotatable bonds is 8. The van der Waals surface area contributed by atoms with Crippen molar-refractivity contribution in [2.75, 3.05) is 39.9 Å². The number of aliphatic imine (C=N–C) groups is 1. The van der Waals surface area contributed by atoms with E-state index < -0.39 is 0 Å². The molecule has 31 heavy (non-hydrogen) atoms. The molecule has 0 amide bonds. The molecule has 2 aliphatic heterocycles. The van der Waals surface area contributed by atoms with Crippen molar-refractivity contribution in [1.82, 2.24) is 10.2 Å². The highest BCUT2D eigenvalue weighted by atomic mass is 127. The summed E-state index contributed by atoms with van der Waals surface area (Å²) in [7, 11) is 1.80. The molecule has 0 bridgehead atoms. The van der Waals surface area contributed by atoms with Crippen molar-refractivity contribution in [3.8, 4) is 5.75 Å². The highest BCUT2D eigenvalue weighted by molar-refractivity contribution is 14.0. The molecule has 2 fully saturated rings. The highest BCUT2D eigenvalue weighted by Gasteiger charge is 2.24. The van der Waals surface area contributed by atoms with Gasteiger partial charge in [0.15, 0.2) is 17.5 Å². The fraction of sp³-hybridized carbons (Fsp3) is 0.696. The second kappa shape index (κ2) is 14.1. The molecule has 0 aromatic heterocycles. The molecule has 1 N–H and O–H groups in total. The van der Waals surface area contributed by atoms with Crippen LogP contribution < -0.4 is 10.1 Å². The number of guanidine groups is 1. The number of hydrogen-bond acceptors (Lipinski definition) is 4. The summed E-state index contributed by atoms with van der Waals surface area (Å²) in [5.74, 6) is 0.821. The van der Waals surface area contributed by atoms with Crippen molar-refractivity contribution in [2.24, 2.45) is 4.99 Å². The predicted molar refractivity (Wildman–Crippen MR) is 132 cm³/mol. The van der Waals surface area contributed by atoms with E-state index in [-0.39, 0.29) is 48.1 Å². The lowest BCUT2D eigenvalue weighted by Crippen LogP contribution is -2.49. The first-order valence-corrected chi connectivity index (χ1v) is 11.3. The zero-order chi connectivity index (χ0) is 21.2. The Labute approximate surface area is 202 Å². The van der Waals surface area contributed by atoms with Crippen molar-refractivity contribution in [3.05, 3.63) is 30.1 Å². The van der Waals surface area contributed by atoms with Crippen LogP contribution >= 0.6 is 24.0 Å². The minimum absolute atomic E-state index is 0. The van der Waals surface area contributed by atoms with E-state index in [0.717, 1.165) is 51.3 Å². The van der Waals surface area contributed by atoms with Crippen LogP contribution in [0.2, 0.25) is 0 Å². The number of ether oxygens (including phenoxy) is 3. The molecule has 2 heterocycles. The summed E-state index contributed by atoms with van der Waals surface area (Å²) in [6.07, 6.45) is 6.70. The molecule has 8 heteroatoms. The van der Waals surface area contributed by atoms with Crippen LogP contribution in [0.15, 0.2) is 29.3 Å². The normalized spacial score (nSPS) is 21.3. The molecule has 6 nitrogen and oxygen atoms in total. The Bertz CT molecular complexity index is 665. The minimum Gasteiger partial charge on any atom is -0.486 e. The van der Waals surface area contributed by atoms with Crippen LogP contribution in [0.5, 0.6) is 5.75 Å². The molecule has 0 radical (unpaired) electrons. The average molecular weight is 549 g/mol. The molecular formula is C23H37FIN3O3. The van der Waals surface area contributed by atoms with E-state index >= 15 is 0 Å². The van der Waals surface area contributed by atoms with Crippen molar-refractivity contribution >= 4 is 29.9 Å². The van der Waals surface area contributed by atoms with E-state index in [1.54, 1.807) is 25.2 Å². The van der Waals surface area contributed by atoms with Crippen molar-refractivity contribution in [1.29, 1.82) is 0 Å². The lowest BCUT2D eigenvalue weighted by atomic mass is 10.1. The second-order valence-electron chi connectivity index (χ2n) is 8.01. The predicted octanol–water partition coefficient (Wildman–Crippen LogP) is 4.23. The van der Waals surface area contributed by atoms with Gasteiger partial charge in [-0.25, -0.2) is 4.39 Å². The fourth-order valence-electron chi connectivity index (χ4n) is 3.94. The standard InChI is InChI=1S/C23H36FN3O3.HI/c1-3-18(30-22-10-5-4-9-21(22)24)16-26-23(25-2)27-13-11-19(12-14-27)29-17-20-8-6-7-15-28-20;/h4-5,9-10,18-20H,3,6-8,11-17H2,1-2H3,(H,25,26);1H. The molecule has 2 atom stereocenters. The van der Waals surface area contributed by atoms with Crippen molar-refractivity contribution in [2.45, 2.75) is 63.8 Å². The van der Waals surface area contributed by atoms with Gasteiger partial charge in [0.25, 0.3) is 0 Å². The van der Waals surface area contributed by atoms with Crippen LogP contribution in [0, 0.1) is 5.82 Å². The third-order valence-electron chi connectivity index (χ3n) is 5.82. The van der Waals surface area contributed by atoms with Crippen LogP contribution in [0.1, 0.15) is 45.4 Å². The van der Waals surface area contributed by atoms with Gasteiger partial charge in [0.05, 0.1) is 25.4 Å². The molecule has 1 aromatic rings. The molecule has 1 aromatic carbocycles. The van der Waals surface area contributed by atoms with Crippen LogP contribution in [0.4, 0.5) is 4.39 Å². The number of likely N-dealkylation sites (tertiary alicyclic amines) is 1. The summed E-state index contributed by atoms with van der Waals surface area (Å²) in [5.41, 5.74) is 0. The molecule has 0 aliphatic carbocycles. The van der Waals surface area contributed by atoms with E-state index in [1.807, 2.05) is 6.92 Å². The second-order valence-corrected chi connectivity index (χ2v) is 8.01. The Hall–Kier alpha value is -1.13. The van der Waals surface area contributed by atoms with Gasteiger partial charge in [-0.3, -0.25) is 4.99 Å². The molecular weight excluding hydrogens is 512 g/mol. The Morgan fingerprint density at radius 1 is 1.26 bits per heavy atom. The van der Waals surface area contributed by atoms with E-state index in [9.17, 15) is 4.39 Å². The number of piperidine rings is 1. The Balaban J connectivity index is 0.00000341. The van der Waals surface area contributed by atoms with Gasteiger partial charge in [-0.2, -0.15) is 0 Å². The van der Waals surface area contributed by atoms with E-state index in [1.165, 1.54) is 18.9 Å². The van der Waals surface area contributed by atoms with Gasteiger partial charge in [0, 0.05) is 26.7 Å². The van der Waals surface area contributed by atoms with Gasteiger partial charge < -0.3 is 24.4 Å². The van der Waals surface area contributed by atoms with Crippen molar-refractivity contribution in [3.63, 3.8) is 0 Å². The van der Waals surface area contributed by atoms with Gasteiger partial charge in [0.1, 0.15) is 6.10 Å². The SMILES string of the molecule is CCC(CNC(=NC)N1CCC(OCC2CCCCO2)CC1)Oc1ccccc1F.I. The van der Waals surface area contributed by atoms with Gasteiger partial charge in [-0.1, -0.05) is 19.1 Å². The first-order chi connectivity index (χ1) is 14.7. The topological polar surface area (TPSA) is 55.3 Å². The first kappa shape index (κ1) is 26.1. The van der Waals surface area contributed by atoms with E-state index in [0.29, 0.717) is 18.9 Å². The van der Waals surface area contributed by atoms with Crippen LogP contribution in [0.3, 0.4) is 0 Å². The summed E-state index contributed by atoms with van der Waals surface area (Å²) in [6, 6.07) is 6.53. The summed E-state index contributed by atoms with van der Waals surface area (Å²) >= 11 is 0. The largest absolute Gasteiger partial charge is 0.486 e. The molecule has 2 aliphatic rings. The average Bonchev–Trinajstić information content (AvgIpc) is 2.80. The molecule has 176 valence electrons. The Morgan fingerprint density at radius 3 is 2.68 bits per heavy atom. The maximum atomic E-state index is 13.9. The maximum absolute atomic E-state index is 13.9. The van der Waals surface area contributed by atoms with Crippen LogP contribution in [0.25, 0.3) is 0 Å². The summed E-state index contributed by atoms with van der Waals surface area (Å²) < 4.78 is 31.6. The Morgan fingerprint density at radius 2 is 2.03 bits per heavy atom. The number of hydrogen-bond donors (Lipinski definition) is 1. The number of nitrogens with zero attached hydrogens (tertiary/aromatic N) is 2. The zero-order valence-electron chi connectivity index (χ0n) is 18.7. The number of para-hydroxylation sites is 1. The maximum Gasteiger partial charge on any atom is 0.193 e. The van der Waals surface area contributed by atoms with Crippen molar-refractivity contribution < 1.29 is 18.6 Å². The Kier molecular flexibility index (Phi) is 11.9. The summed E-state index contributed by atoms with van der Waals surface area (Å²) in [4.78, 5) is 6.68. The number of nitrogens with one attached hydrogen (secondary N) is 1. The summed E-state index contributed by atoms with van der Waals surface area (Å²) in [6.45, 7) is 6.00. The van der Waals surface area contributed by atoms with E-state index in [4.69, 9.17) is 14.2 Å². The zero-order valence-corrected chi connectivity index (χ0v) is 21.1. The monoisotopic (exact) mass is 549 g/mol. The molecule has 0 spiro atoms. The van der Waals surface area contributed by atoms with E-state index in [2.05, 4.69) is 15.2 Å². The lowest BCUT2D eigenvalue weighted by molar-refractivity contribution is -0.0721. The number of benzene rings is 1. The quantitative estimate of drug-likeness (QED) is 0.299. The van der Waals surface area contributed by atoms with Gasteiger partial charge in [-0.15, -0.1) is 24.0 Å². The first-order valence-electron chi connectivity index (χ1n) is 11.3. The van der Waals surface area contributed by atoms with Gasteiger partial charge >= 0.3 is 0 Å². The van der Waals surface area contributed by atoms with Crippen LogP contribution in [-0.4, -0.2) is 69.1 Å². The van der Waals surface area contributed by atoms with Crippen LogP contribution in [-0.2, 0) is 9.47 Å². The fourth-order valence-corrected chi connectivity index (χ4v) is 3.94. The number of halogens is 2. The molecule has 2 saturated heterocycles. The minimum atomic E-state index is -0.332. The highest BCUT2D eigenvalue weighted by Crippen LogP contribution is 2.19. The van der Waals surface area contributed by atoms with Gasteiger partial charge in [0.2, 0.25) is 0 Å². The third-order valence-corrected chi connectivity index (χ3v) is 5.82. The third kappa shape index (κ3) is 8.38. The molecule has 2 unspecified atom stereocenters.